The number of nitrogens with zero attached hydrogens (tertiary/aromatic N) is 2. The average Bonchev–Trinajstić information content (AvgIpc) is 3.10. The molecule has 1 heterocycles. The van der Waals surface area contributed by atoms with Crippen LogP contribution in [0.25, 0.3) is 0 Å². The number of ketones is 1. The van der Waals surface area contributed by atoms with Gasteiger partial charge in [-0.15, -0.1) is 0 Å². The van der Waals surface area contributed by atoms with Gasteiger partial charge in [0.2, 0.25) is 0 Å². The minimum atomic E-state index is -0.836. The van der Waals surface area contributed by atoms with Crippen LogP contribution in [0.3, 0.4) is 0 Å². The van der Waals surface area contributed by atoms with Gasteiger partial charge in [0.25, 0.3) is 0 Å². The second-order valence-electron chi connectivity index (χ2n) is 7.72. The van der Waals surface area contributed by atoms with Crippen molar-refractivity contribution in [2.45, 2.75) is 46.6 Å². The highest BCUT2D eigenvalue weighted by Crippen LogP contribution is 2.22. The number of anilines is 1. The van der Waals surface area contributed by atoms with Crippen molar-refractivity contribution in [3.05, 3.63) is 80.6 Å². The van der Waals surface area contributed by atoms with Crippen molar-refractivity contribution in [1.82, 2.24) is 9.78 Å². The summed E-state index contributed by atoms with van der Waals surface area (Å²) >= 11 is 3.50. The van der Waals surface area contributed by atoms with Crippen molar-refractivity contribution in [1.29, 1.82) is 0 Å². The zero-order valence-corrected chi connectivity index (χ0v) is 20.2. The third-order valence-corrected chi connectivity index (χ3v) is 6.53. The van der Waals surface area contributed by atoms with E-state index in [1.807, 2.05) is 67.9 Å². The Bertz CT molecular complexity index is 1120. The van der Waals surface area contributed by atoms with E-state index in [0.29, 0.717) is 18.5 Å². The van der Waals surface area contributed by atoms with Crippen molar-refractivity contribution in [2.24, 2.45) is 0 Å². The van der Waals surface area contributed by atoms with Gasteiger partial charge in [0.05, 0.1) is 25.2 Å². The molecule has 7 heteroatoms. The van der Waals surface area contributed by atoms with Crippen molar-refractivity contribution < 1.29 is 14.7 Å². The van der Waals surface area contributed by atoms with Crippen molar-refractivity contribution >= 4 is 33.4 Å². The first-order chi connectivity index (χ1) is 15.3. The molecule has 6 nitrogen and oxygen atoms in total. The van der Waals surface area contributed by atoms with Gasteiger partial charge in [-0.05, 0) is 59.0 Å². The summed E-state index contributed by atoms with van der Waals surface area (Å²) < 4.78 is 2.75. The molecule has 3 aromatic rings. The van der Waals surface area contributed by atoms with Crippen LogP contribution in [0.4, 0.5) is 5.69 Å². The van der Waals surface area contributed by atoms with E-state index < -0.39 is 5.97 Å². The molecular weight excluding hydrogens is 470 g/mol. The minimum absolute atomic E-state index is 0.000284. The largest absolute Gasteiger partial charge is 0.481 e. The van der Waals surface area contributed by atoms with Gasteiger partial charge in [0.1, 0.15) is 0 Å². The monoisotopic (exact) mass is 497 g/mol. The molecule has 1 aromatic heterocycles. The molecular formula is C25H28BrN3O3. The van der Waals surface area contributed by atoms with Crippen LogP contribution in [-0.2, 0) is 30.6 Å². The highest BCUT2D eigenvalue weighted by Gasteiger charge is 2.18. The Morgan fingerprint density at radius 2 is 1.81 bits per heavy atom. The maximum absolute atomic E-state index is 12.6. The maximum atomic E-state index is 12.6. The zero-order valence-electron chi connectivity index (χ0n) is 18.6. The standard InChI is InChI=1S/C25H28BrN3O3/c1-4-21-20(13-24(31)32)22(5-2)29(28-21)15-17-9-11-18(12-10-17)27-14-23(30)19-8-6-7-16(3)25(19)26/h6-12,27H,4-5,13-15H2,1-3H3,(H,31,32). The van der Waals surface area contributed by atoms with Gasteiger partial charge in [-0.2, -0.15) is 5.10 Å². The van der Waals surface area contributed by atoms with Crippen LogP contribution in [0.5, 0.6) is 0 Å². The summed E-state index contributed by atoms with van der Waals surface area (Å²) in [5, 5.41) is 17.1. The van der Waals surface area contributed by atoms with Crippen molar-refractivity contribution in [3.8, 4) is 0 Å². The Hall–Kier alpha value is -2.93. The van der Waals surface area contributed by atoms with Crippen LogP contribution in [0.1, 0.15) is 52.3 Å². The number of Topliss-reactive ketones (excluding diaryl/α,β-unsaturated/α-hetero) is 1. The Kier molecular flexibility index (Phi) is 7.85. The maximum Gasteiger partial charge on any atom is 0.307 e. The lowest BCUT2D eigenvalue weighted by Crippen LogP contribution is -2.15. The smallest absolute Gasteiger partial charge is 0.307 e. The number of aromatic nitrogens is 2. The number of rotatable bonds is 10. The van der Waals surface area contributed by atoms with E-state index in [-0.39, 0.29) is 18.7 Å². The Morgan fingerprint density at radius 1 is 1.09 bits per heavy atom. The molecule has 0 saturated carbocycles. The lowest BCUT2D eigenvalue weighted by Gasteiger charge is -2.10. The minimum Gasteiger partial charge on any atom is -0.481 e. The first kappa shape index (κ1) is 23.7. The molecule has 0 radical (unpaired) electrons. The van der Waals surface area contributed by atoms with E-state index in [2.05, 4.69) is 26.3 Å². The number of carboxylic acid groups (broad SMARTS) is 1. The summed E-state index contributed by atoms with van der Waals surface area (Å²) in [5.41, 5.74) is 6.28. The van der Waals surface area contributed by atoms with Gasteiger partial charge in [-0.1, -0.05) is 44.2 Å². The fourth-order valence-electron chi connectivity index (χ4n) is 3.80. The van der Waals surface area contributed by atoms with Gasteiger partial charge >= 0.3 is 5.97 Å². The number of carbonyl (C=O) groups excluding carboxylic acids is 1. The topological polar surface area (TPSA) is 84.2 Å². The number of carboxylic acids is 1. The summed E-state index contributed by atoms with van der Waals surface area (Å²) in [6.45, 7) is 6.76. The number of nitrogens with one attached hydrogen (secondary N) is 1. The summed E-state index contributed by atoms with van der Waals surface area (Å²) in [6.07, 6.45) is 1.43. The lowest BCUT2D eigenvalue weighted by molar-refractivity contribution is -0.136. The van der Waals surface area contributed by atoms with E-state index in [1.54, 1.807) is 0 Å². The molecule has 0 bridgehead atoms. The normalized spacial score (nSPS) is 10.9. The molecule has 0 spiro atoms. The molecule has 0 unspecified atom stereocenters. The summed E-state index contributed by atoms with van der Waals surface area (Å²) in [7, 11) is 0. The number of benzene rings is 2. The molecule has 2 aromatic carbocycles. The van der Waals surface area contributed by atoms with Gasteiger partial charge in [0, 0.05) is 27.0 Å². The predicted molar refractivity (Wildman–Crippen MR) is 130 cm³/mol. The number of aryl methyl sites for hydroxylation is 2. The van der Waals surface area contributed by atoms with Gasteiger partial charge < -0.3 is 10.4 Å². The van der Waals surface area contributed by atoms with Gasteiger partial charge in [-0.25, -0.2) is 0 Å². The van der Waals surface area contributed by atoms with Crippen LogP contribution in [-0.4, -0.2) is 33.2 Å². The first-order valence-electron chi connectivity index (χ1n) is 10.7. The molecule has 0 amide bonds. The molecule has 2 N–H and O–H groups in total. The Morgan fingerprint density at radius 3 is 2.44 bits per heavy atom. The number of hydrogen-bond donors (Lipinski definition) is 2. The average molecular weight is 498 g/mol. The molecule has 168 valence electrons. The summed E-state index contributed by atoms with van der Waals surface area (Å²) in [6, 6.07) is 13.6. The number of halogens is 1. The lowest BCUT2D eigenvalue weighted by atomic mass is 10.1. The van der Waals surface area contributed by atoms with E-state index in [4.69, 9.17) is 0 Å². The predicted octanol–water partition coefficient (Wildman–Crippen LogP) is 5.05. The third-order valence-electron chi connectivity index (χ3n) is 5.48. The van der Waals surface area contributed by atoms with Gasteiger partial charge in [-0.3, -0.25) is 14.3 Å². The third kappa shape index (κ3) is 5.46. The van der Waals surface area contributed by atoms with E-state index in [9.17, 15) is 14.7 Å². The highest BCUT2D eigenvalue weighted by atomic mass is 79.9. The van der Waals surface area contributed by atoms with Crippen LogP contribution in [0, 0.1) is 6.92 Å². The molecule has 0 atom stereocenters. The second-order valence-corrected chi connectivity index (χ2v) is 8.51. The summed E-state index contributed by atoms with van der Waals surface area (Å²) in [4.78, 5) is 23.8. The SMILES string of the molecule is CCc1nn(Cc2ccc(NCC(=O)c3cccc(C)c3Br)cc2)c(CC)c1CC(=O)O. The van der Waals surface area contributed by atoms with E-state index in [1.165, 1.54) is 0 Å². The first-order valence-corrected chi connectivity index (χ1v) is 11.5. The Balaban J connectivity index is 1.69. The quantitative estimate of drug-likeness (QED) is 0.383. The molecule has 32 heavy (non-hydrogen) atoms. The van der Waals surface area contributed by atoms with Crippen LogP contribution in [0.2, 0.25) is 0 Å². The number of carbonyl (C=O) groups is 2. The van der Waals surface area contributed by atoms with Crippen LogP contribution < -0.4 is 5.32 Å². The van der Waals surface area contributed by atoms with E-state index >= 15 is 0 Å². The van der Waals surface area contributed by atoms with Crippen molar-refractivity contribution in [2.75, 3.05) is 11.9 Å². The van der Waals surface area contributed by atoms with Crippen LogP contribution >= 0.6 is 15.9 Å². The highest BCUT2D eigenvalue weighted by molar-refractivity contribution is 9.10. The fraction of sp³-hybridized carbons (Fsp3) is 0.320. The Labute approximate surface area is 196 Å². The number of aliphatic carboxylic acids is 1. The molecule has 0 fully saturated rings. The molecule has 3 rings (SSSR count). The van der Waals surface area contributed by atoms with Gasteiger partial charge in [0.15, 0.2) is 5.78 Å². The van der Waals surface area contributed by atoms with Crippen LogP contribution in [0.15, 0.2) is 46.9 Å². The summed E-state index contributed by atoms with van der Waals surface area (Å²) in [5.74, 6) is -0.816. The van der Waals surface area contributed by atoms with Crippen molar-refractivity contribution in [3.63, 3.8) is 0 Å². The second kappa shape index (κ2) is 10.6. The van der Waals surface area contributed by atoms with E-state index in [0.717, 1.165) is 44.7 Å². The number of hydrogen-bond acceptors (Lipinski definition) is 4. The fourth-order valence-corrected chi connectivity index (χ4v) is 4.28. The molecule has 0 aliphatic heterocycles. The molecule has 0 aliphatic carbocycles. The molecule has 0 aliphatic rings. The molecule has 0 saturated heterocycles. The zero-order chi connectivity index (χ0) is 23.3.